The van der Waals surface area contributed by atoms with Crippen molar-refractivity contribution >= 4 is 28.6 Å². The lowest BCUT2D eigenvalue weighted by molar-refractivity contribution is -0.119. The lowest BCUT2D eigenvalue weighted by atomic mass is 10.1. The number of halogens is 1. The van der Waals surface area contributed by atoms with Crippen LogP contribution < -0.4 is 15.5 Å². The number of cyclic esters (lactones) is 1. The standard InChI is InChI=1S/C21H23FN4O3S/c1-14(27)24-12-17-13-26(21(28)29-17)16-3-4-18(19(22)10-16)15-2-5-20(25-11-15)30-8-6-23-7-9-30/h2-5,10-11,17,23H,6-9,12-13H2,1H3/p+1/t17-/m0/s1. The molecule has 158 valence electrons. The van der Waals surface area contributed by atoms with Crippen LogP contribution in [0.2, 0.25) is 0 Å². The van der Waals surface area contributed by atoms with E-state index in [2.05, 4.69) is 15.6 Å². The van der Waals surface area contributed by atoms with Gasteiger partial charge in [-0.1, -0.05) is 0 Å². The molecule has 1 atom stereocenters. The van der Waals surface area contributed by atoms with E-state index in [9.17, 15) is 14.0 Å². The fourth-order valence-electron chi connectivity index (χ4n) is 3.54. The largest absolute Gasteiger partial charge is 0.442 e. The fourth-order valence-corrected chi connectivity index (χ4v) is 5.41. The molecule has 30 heavy (non-hydrogen) atoms. The lowest BCUT2D eigenvalue weighted by Crippen LogP contribution is -2.36. The Hall–Kier alpha value is -2.65. The normalized spacial score (nSPS) is 19.6. The molecule has 2 fully saturated rings. The molecule has 0 radical (unpaired) electrons. The molecule has 4 rings (SSSR count). The summed E-state index contributed by atoms with van der Waals surface area (Å²) in [4.78, 5) is 29.1. The Balaban J connectivity index is 1.47. The SMILES string of the molecule is CC(=O)NC[C@H]1CN(c2ccc(-c3ccc([S+]4CCNCC4)nc3)c(F)c2)C(=O)O1. The zero-order chi connectivity index (χ0) is 21.1. The smallest absolute Gasteiger partial charge is 0.414 e. The molecule has 1 aromatic heterocycles. The van der Waals surface area contributed by atoms with E-state index in [1.807, 2.05) is 12.1 Å². The topological polar surface area (TPSA) is 83.6 Å². The maximum atomic E-state index is 14.9. The van der Waals surface area contributed by atoms with Crippen LogP contribution in [0.15, 0.2) is 41.6 Å². The fraction of sp³-hybridized carbons (Fsp3) is 0.381. The summed E-state index contributed by atoms with van der Waals surface area (Å²) in [6.45, 7) is 3.90. The minimum absolute atomic E-state index is 0.152. The molecule has 7 nitrogen and oxygen atoms in total. The molecule has 2 aliphatic rings. The van der Waals surface area contributed by atoms with Crippen molar-refractivity contribution in [1.29, 1.82) is 0 Å². The molecule has 0 bridgehead atoms. The first-order valence-electron chi connectivity index (χ1n) is 9.88. The number of anilines is 1. The van der Waals surface area contributed by atoms with Gasteiger partial charge in [-0.25, -0.2) is 14.2 Å². The van der Waals surface area contributed by atoms with Crippen molar-refractivity contribution in [2.75, 3.05) is 42.6 Å². The van der Waals surface area contributed by atoms with E-state index < -0.39 is 18.0 Å². The Bertz CT molecular complexity index is 934. The van der Waals surface area contributed by atoms with Crippen LogP contribution in [0.25, 0.3) is 11.1 Å². The summed E-state index contributed by atoms with van der Waals surface area (Å²) in [5.41, 5.74) is 1.57. The first-order chi connectivity index (χ1) is 14.5. The number of benzene rings is 1. The van der Waals surface area contributed by atoms with Gasteiger partial charge in [0.25, 0.3) is 0 Å². The van der Waals surface area contributed by atoms with Crippen molar-refractivity contribution in [1.82, 2.24) is 15.6 Å². The van der Waals surface area contributed by atoms with Crippen LogP contribution >= 0.6 is 0 Å². The zero-order valence-electron chi connectivity index (χ0n) is 16.7. The molecule has 2 amide bonds. The van der Waals surface area contributed by atoms with E-state index in [1.165, 1.54) is 17.9 Å². The van der Waals surface area contributed by atoms with Crippen LogP contribution in [0.4, 0.5) is 14.9 Å². The Morgan fingerprint density at radius 1 is 1.33 bits per heavy atom. The highest BCUT2D eigenvalue weighted by Crippen LogP contribution is 2.29. The van der Waals surface area contributed by atoms with Crippen LogP contribution in [0.1, 0.15) is 6.92 Å². The molecule has 2 saturated heterocycles. The maximum Gasteiger partial charge on any atom is 0.414 e. The minimum atomic E-state index is -0.550. The maximum absolute atomic E-state index is 14.9. The number of hydrogen-bond donors (Lipinski definition) is 2. The van der Waals surface area contributed by atoms with Gasteiger partial charge >= 0.3 is 6.09 Å². The van der Waals surface area contributed by atoms with Crippen molar-refractivity contribution in [3.05, 3.63) is 42.3 Å². The number of hydrogen-bond acceptors (Lipinski definition) is 5. The molecule has 1 aromatic carbocycles. The third kappa shape index (κ3) is 4.57. The summed E-state index contributed by atoms with van der Waals surface area (Å²) in [5.74, 6) is 1.55. The quantitative estimate of drug-likeness (QED) is 0.707. The molecule has 2 aromatic rings. The predicted molar refractivity (Wildman–Crippen MR) is 114 cm³/mol. The van der Waals surface area contributed by atoms with Crippen LogP contribution in [0.5, 0.6) is 0 Å². The third-order valence-electron chi connectivity index (χ3n) is 5.11. The second-order valence-electron chi connectivity index (χ2n) is 7.25. The molecule has 0 unspecified atom stereocenters. The number of aromatic nitrogens is 1. The highest BCUT2D eigenvalue weighted by atomic mass is 32.2. The Kier molecular flexibility index (Phi) is 6.19. The monoisotopic (exact) mass is 431 g/mol. The van der Waals surface area contributed by atoms with E-state index in [1.54, 1.807) is 18.3 Å². The highest BCUT2D eigenvalue weighted by molar-refractivity contribution is 7.96. The molecule has 3 heterocycles. The summed E-state index contributed by atoms with van der Waals surface area (Å²) in [5, 5.41) is 7.04. The van der Waals surface area contributed by atoms with Crippen molar-refractivity contribution in [2.45, 2.75) is 18.1 Å². The van der Waals surface area contributed by atoms with Gasteiger partial charge in [0.15, 0.2) is 0 Å². The Morgan fingerprint density at radius 3 is 2.80 bits per heavy atom. The van der Waals surface area contributed by atoms with E-state index in [0.29, 0.717) is 16.8 Å². The van der Waals surface area contributed by atoms with Gasteiger partial charge in [-0.05, 0) is 24.3 Å². The number of amides is 2. The van der Waals surface area contributed by atoms with Crippen LogP contribution in [0, 0.1) is 5.82 Å². The molecule has 9 heteroatoms. The van der Waals surface area contributed by atoms with E-state index in [0.717, 1.165) is 29.6 Å². The van der Waals surface area contributed by atoms with Gasteiger partial charge < -0.3 is 15.4 Å². The molecule has 2 N–H and O–H groups in total. The first-order valence-corrected chi connectivity index (χ1v) is 11.4. The van der Waals surface area contributed by atoms with Crippen molar-refractivity contribution < 1.29 is 18.7 Å². The number of carbonyl (C=O) groups excluding carboxylic acids is 2. The predicted octanol–water partition coefficient (Wildman–Crippen LogP) is 1.93. The second-order valence-corrected chi connectivity index (χ2v) is 9.47. The van der Waals surface area contributed by atoms with E-state index >= 15 is 0 Å². The average molecular weight is 432 g/mol. The van der Waals surface area contributed by atoms with Gasteiger partial charge in [0.1, 0.15) is 23.4 Å². The number of nitrogens with one attached hydrogen (secondary N) is 2. The van der Waals surface area contributed by atoms with Gasteiger partial charge in [-0.15, -0.1) is 0 Å². The molecule has 2 aliphatic heterocycles. The summed E-state index contributed by atoms with van der Waals surface area (Å²) >= 11 is 0. The molecule has 0 spiro atoms. The second kappa shape index (κ2) is 9.01. The van der Waals surface area contributed by atoms with Crippen molar-refractivity contribution in [2.24, 2.45) is 0 Å². The summed E-state index contributed by atoms with van der Waals surface area (Å²) in [6, 6.07) is 8.58. The van der Waals surface area contributed by atoms with Crippen LogP contribution in [-0.2, 0) is 20.4 Å². The van der Waals surface area contributed by atoms with Crippen molar-refractivity contribution in [3.63, 3.8) is 0 Å². The number of rotatable bonds is 5. The minimum Gasteiger partial charge on any atom is -0.442 e. The third-order valence-corrected chi connectivity index (χ3v) is 7.34. The highest BCUT2D eigenvalue weighted by Gasteiger charge is 2.33. The van der Waals surface area contributed by atoms with Crippen LogP contribution in [0.3, 0.4) is 0 Å². The molecular formula is C21H24FN4O3S+. The summed E-state index contributed by atoms with van der Waals surface area (Å²) in [6.07, 6.45) is 0.707. The van der Waals surface area contributed by atoms with E-state index in [-0.39, 0.29) is 29.9 Å². The van der Waals surface area contributed by atoms with Gasteiger partial charge in [-0.3, -0.25) is 9.69 Å². The van der Waals surface area contributed by atoms with Gasteiger partial charge in [0.2, 0.25) is 10.9 Å². The average Bonchev–Trinajstić information content (AvgIpc) is 3.13. The molecule has 0 aliphatic carbocycles. The van der Waals surface area contributed by atoms with Gasteiger partial charge in [0, 0.05) is 54.3 Å². The van der Waals surface area contributed by atoms with Crippen molar-refractivity contribution in [3.8, 4) is 11.1 Å². The zero-order valence-corrected chi connectivity index (χ0v) is 17.5. The van der Waals surface area contributed by atoms with Gasteiger partial charge in [-0.2, -0.15) is 0 Å². The van der Waals surface area contributed by atoms with E-state index in [4.69, 9.17) is 4.74 Å². The molecule has 0 saturated carbocycles. The number of nitrogens with zero attached hydrogens (tertiary/aromatic N) is 2. The first kappa shape index (κ1) is 20.6. The van der Waals surface area contributed by atoms with Gasteiger partial charge in [0.05, 0.1) is 18.8 Å². The number of pyridine rings is 1. The van der Waals surface area contributed by atoms with Crippen LogP contribution in [-0.4, -0.2) is 60.8 Å². The number of ether oxygens (including phenoxy) is 1. The number of carbonyl (C=O) groups is 2. The lowest BCUT2D eigenvalue weighted by Gasteiger charge is -2.15. The summed E-state index contributed by atoms with van der Waals surface area (Å²) in [7, 11) is 0.152. The summed E-state index contributed by atoms with van der Waals surface area (Å²) < 4.78 is 20.1. The Morgan fingerprint density at radius 2 is 2.13 bits per heavy atom. The molecular weight excluding hydrogens is 407 g/mol. The Labute approximate surface area is 177 Å².